The van der Waals surface area contributed by atoms with Gasteiger partial charge in [-0.25, -0.2) is 0 Å². The van der Waals surface area contributed by atoms with Crippen LogP contribution in [0.25, 0.3) is 0 Å². The van der Waals surface area contributed by atoms with Crippen LogP contribution in [-0.2, 0) is 11.2 Å². The number of amides is 1. The quantitative estimate of drug-likeness (QED) is 0.821. The fourth-order valence-corrected chi connectivity index (χ4v) is 2.59. The molecule has 1 aromatic heterocycles. The summed E-state index contributed by atoms with van der Waals surface area (Å²) in [6, 6.07) is 9.20. The Morgan fingerprint density at radius 3 is 2.89 bits per heavy atom. The number of nitrogen functional groups attached to an aromatic ring is 1. The maximum Gasteiger partial charge on any atom is 0.224 e. The molecule has 0 saturated heterocycles. The molecular weight excluding hydrogens is 280 g/mol. The molecule has 0 atom stereocenters. The average Bonchev–Trinajstić information content (AvgIpc) is 2.87. The predicted molar refractivity (Wildman–Crippen MR) is 81.8 cm³/mol. The molecule has 0 fully saturated rings. The van der Waals surface area contributed by atoms with Gasteiger partial charge in [0, 0.05) is 17.0 Å². The molecule has 2 rings (SSSR count). The molecule has 0 bridgehead atoms. The third kappa shape index (κ3) is 4.26. The van der Waals surface area contributed by atoms with Crippen LogP contribution >= 0.6 is 22.9 Å². The molecule has 1 aromatic carbocycles. The lowest BCUT2D eigenvalue weighted by atomic mass is 10.2. The second-order valence-electron chi connectivity index (χ2n) is 4.22. The van der Waals surface area contributed by atoms with Gasteiger partial charge in [-0.15, -0.1) is 11.3 Å². The minimum Gasteiger partial charge on any atom is -0.397 e. The number of carbonyl (C=O) groups is 1. The van der Waals surface area contributed by atoms with E-state index in [2.05, 4.69) is 11.4 Å². The normalized spacial score (nSPS) is 10.4. The van der Waals surface area contributed by atoms with E-state index in [1.165, 1.54) is 4.88 Å². The Kier molecular flexibility index (Phi) is 4.82. The van der Waals surface area contributed by atoms with Gasteiger partial charge >= 0.3 is 0 Å². The molecule has 0 aliphatic rings. The van der Waals surface area contributed by atoms with E-state index in [1.807, 2.05) is 11.4 Å². The minimum atomic E-state index is -0.00159. The van der Waals surface area contributed by atoms with Crippen LogP contribution in [0.5, 0.6) is 0 Å². The first-order valence-electron chi connectivity index (χ1n) is 6.02. The predicted octanol–water partition coefficient (Wildman–Crippen LogP) is 3.95. The summed E-state index contributed by atoms with van der Waals surface area (Å²) in [5.74, 6) is -0.00159. The van der Waals surface area contributed by atoms with E-state index in [1.54, 1.807) is 29.5 Å². The van der Waals surface area contributed by atoms with Gasteiger partial charge in [0.15, 0.2) is 0 Å². The highest BCUT2D eigenvalue weighted by molar-refractivity contribution is 7.09. The van der Waals surface area contributed by atoms with E-state index in [0.29, 0.717) is 22.8 Å². The van der Waals surface area contributed by atoms with Gasteiger partial charge in [0.2, 0.25) is 5.91 Å². The van der Waals surface area contributed by atoms with Crippen molar-refractivity contribution in [2.24, 2.45) is 0 Å². The summed E-state index contributed by atoms with van der Waals surface area (Å²) in [5.41, 5.74) is 6.83. The number of benzene rings is 1. The third-order valence-corrected chi connectivity index (χ3v) is 3.97. The fraction of sp³-hybridized carbons (Fsp3) is 0.214. The van der Waals surface area contributed by atoms with Crippen LogP contribution in [-0.4, -0.2) is 5.91 Å². The molecule has 100 valence electrons. The largest absolute Gasteiger partial charge is 0.397 e. The van der Waals surface area contributed by atoms with Crippen molar-refractivity contribution in [1.29, 1.82) is 0 Å². The number of rotatable bonds is 5. The summed E-state index contributed by atoms with van der Waals surface area (Å²) in [6.07, 6.45) is 2.28. The lowest BCUT2D eigenvalue weighted by molar-refractivity contribution is -0.116. The molecule has 1 heterocycles. The summed E-state index contributed by atoms with van der Waals surface area (Å²) >= 11 is 7.54. The second-order valence-corrected chi connectivity index (χ2v) is 5.66. The molecule has 1 amide bonds. The molecule has 0 aliphatic heterocycles. The summed E-state index contributed by atoms with van der Waals surface area (Å²) in [4.78, 5) is 13.1. The Balaban J connectivity index is 1.79. The number of aryl methyl sites for hydroxylation is 1. The highest BCUT2D eigenvalue weighted by atomic mass is 35.5. The number of nitrogens with two attached hydrogens (primary N) is 1. The molecular formula is C14H15ClN2OS. The maximum absolute atomic E-state index is 11.8. The molecule has 19 heavy (non-hydrogen) atoms. The zero-order valence-electron chi connectivity index (χ0n) is 10.4. The van der Waals surface area contributed by atoms with Gasteiger partial charge in [0.25, 0.3) is 0 Å². The standard InChI is InChI=1S/C14H15ClN2OS/c15-12-7-6-10(9-13(12)16)17-14(18)5-1-3-11-4-2-8-19-11/h2,4,6-9H,1,3,5,16H2,(H,17,18). The average molecular weight is 295 g/mol. The third-order valence-electron chi connectivity index (χ3n) is 2.69. The van der Waals surface area contributed by atoms with Crippen LogP contribution in [0.1, 0.15) is 17.7 Å². The SMILES string of the molecule is Nc1cc(NC(=O)CCCc2cccs2)ccc1Cl. The van der Waals surface area contributed by atoms with E-state index < -0.39 is 0 Å². The summed E-state index contributed by atoms with van der Waals surface area (Å²) in [6.45, 7) is 0. The number of hydrogen-bond acceptors (Lipinski definition) is 3. The zero-order chi connectivity index (χ0) is 13.7. The topological polar surface area (TPSA) is 55.1 Å². The van der Waals surface area contributed by atoms with Gasteiger partial charge in [-0.1, -0.05) is 17.7 Å². The minimum absolute atomic E-state index is 0.00159. The Morgan fingerprint density at radius 2 is 2.21 bits per heavy atom. The van der Waals surface area contributed by atoms with E-state index in [-0.39, 0.29) is 5.91 Å². The van der Waals surface area contributed by atoms with Gasteiger partial charge in [0.05, 0.1) is 10.7 Å². The first kappa shape index (κ1) is 13.9. The van der Waals surface area contributed by atoms with Crippen LogP contribution in [0.4, 0.5) is 11.4 Å². The van der Waals surface area contributed by atoms with Crippen LogP contribution in [0.2, 0.25) is 5.02 Å². The van der Waals surface area contributed by atoms with Crippen molar-refractivity contribution in [3.05, 3.63) is 45.6 Å². The van der Waals surface area contributed by atoms with Crippen molar-refractivity contribution in [1.82, 2.24) is 0 Å². The van der Waals surface area contributed by atoms with Crippen molar-refractivity contribution in [2.45, 2.75) is 19.3 Å². The lowest BCUT2D eigenvalue weighted by Gasteiger charge is -2.06. The van der Waals surface area contributed by atoms with Crippen molar-refractivity contribution in [2.75, 3.05) is 11.1 Å². The maximum atomic E-state index is 11.8. The van der Waals surface area contributed by atoms with Crippen LogP contribution in [0.15, 0.2) is 35.7 Å². The highest BCUT2D eigenvalue weighted by Gasteiger charge is 2.04. The zero-order valence-corrected chi connectivity index (χ0v) is 11.9. The van der Waals surface area contributed by atoms with E-state index in [9.17, 15) is 4.79 Å². The molecule has 0 saturated carbocycles. The number of hydrogen-bond donors (Lipinski definition) is 2. The number of carbonyl (C=O) groups excluding carboxylic acids is 1. The van der Waals surface area contributed by atoms with E-state index >= 15 is 0 Å². The first-order valence-corrected chi connectivity index (χ1v) is 7.28. The van der Waals surface area contributed by atoms with Gasteiger partial charge in [-0.05, 0) is 42.5 Å². The Labute approximate surface area is 121 Å². The number of halogens is 1. The summed E-state index contributed by atoms with van der Waals surface area (Å²) in [5, 5.41) is 5.36. The van der Waals surface area contributed by atoms with Gasteiger partial charge in [-0.2, -0.15) is 0 Å². The van der Waals surface area contributed by atoms with E-state index in [4.69, 9.17) is 17.3 Å². The summed E-state index contributed by atoms with van der Waals surface area (Å²) < 4.78 is 0. The highest BCUT2D eigenvalue weighted by Crippen LogP contribution is 2.22. The monoisotopic (exact) mass is 294 g/mol. The Hall–Kier alpha value is -1.52. The molecule has 2 aromatic rings. The van der Waals surface area contributed by atoms with Crippen LogP contribution in [0, 0.1) is 0 Å². The summed E-state index contributed by atoms with van der Waals surface area (Å²) in [7, 11) is 0. The molecule has 0 unspecified atom stereocenters. The number of anilines is 2. The number of thiophene rings is 1. The van der Waals surface area contributed by atoms with Crippen molar-refractivity contribution >= 4 is 40.2 Å². The van der Waals surface area contributed by atoms with Gasteiger partial charge in [-0.3, -0.25) is 4.79 Å². The van der Waals surface area contributed by atoms with E-state index in [0.717, 1.165) is 12.8 Å². The van der Waals surface area contributed by atoms with Gasteiger partial charge < -0.3 is 11.1 Å². The van der Waals surface area contributed by atoms with Crippen LogP contribution < -0.4 is 11.1 Å². The smallest absolute Gasteiger partial charge is 0.224 e. The molecule has 0 spiro atoms. The van der Waals surface area contributed by atoms with Crippen molar-refractivity contribution in [3.63, 3.8) is 0 Å². The Morgan fingerprint density at radius 1 is 1.37 bits per heavy atom. The van der Waals surface area contributed by atoms with Gasteiger partial charge in [0.1, 0.15) is 0 Å². The number of nitrogens with one attached hydrogen (secondary N) is 1. The second kappa shape index (κ2) is 6.59. The fourth-order valence-electron chi connectivity index (χ4n) is 1.72. The Bertz CT molecular complexity index is 555. The lowest BCUT2D eigenvalue weighted by Crippen LogP contribution is -2.11. The van der Waals surface area contributed by atoms with Crippen molar-refractivity contribution in [3.8, 4) is 0 Å². The van der Waals surface area contributed by atoms with Crippen LogP contribution in [0.3, 0.4) is 0 Å². The van der Waals surface area contributed by atoms with Crippen molar-refractivity contribution < 1.29 is 4.79 Å². The molecule has 3 N–H and O–H groups in total. The molecule has 5 heteroatoms. The first-order chi connectivity index (χ1) is 9.15. The molecule has 0 aliphatic carbocycles. The molecule has 3 nitrogen and oxygen atoms in total. The molecule has 0 radical (unpaired) electrons.